The lowest BCUT2D eigenvalue weighted by Crippen LogP contribution is -2.15. The van der Waals surface area contributed by atoms with E-state index < -0.39 is 5.82 Å². The molecule has 0 aliphatic carbocycles. The van der Waals surface area contributed by atoms with Gasteiger partial charge < -0.3 is 15.2 Å². The summed E-state index contributed by atoms with van der Waals surface area (Å²) < 4.78 is 19.9. The second-order valence-corrected chi connectivity index (χ2v) is 6.72. The first-order valence-corrected chi connectivity index (χ1v) is 9.79. The van der Waals surface area contributed by atoms with E-state index >= 15 is 0 Å². The van der Waals surface area contributed by atoms with Gasteiger partial charge in [0.2, 0.25) is 0 Å². The van der Waals surface area contributed by atoms with Crippen molar-refractivity contribution in [1.82, 2.24) is 5.32 Å². The molecule has 0 saturated carbocycles. The average Bonchev–Trinajstić information content (AvgIpc) is 2.75. The molecular weight excluding hydrogens is 365 g/mol. The van der Waals surface area contributed by atoms with Crippen LogP contribution in [-0.2, 0) is 0 Å². The summed E-state index contributed by atoms with van der Waals surface area (Å²) in [6.07, 6.45) is 0.780. The van der Waals surface area contributed by atoms with Crippen LogP contribution in [0.4, 0.5) is 4.39 Å². The zero-order chi connectivity index (χ0) is 20.6. The summed E-state index contributed by atoms with van der Waals surface area (Å²) >= 11 is 0. The molecule has 0 saturated heterocycles. The molecule has 29 heavy (non-hydrogen) atoms. The highest BCUT2D eigenvalue weighted by molar-refractivity contribution is 5.98. The number of rotatable bonds is 8. The molecule has 0 spiro atoms. The van der Waals surface area contributed by atoms with Crippen molar-refractivity contribution in [3.63, 3.8) is 0 Å². The molecule has 3 rings (SSSR count). The third kappa shape index (κ3) is 5.04. The Morgan fingerprint density at radius 3 is 2.24 bits per heavy atom. The van der Waals surface area contributed by atoms with Crippen LogP contribution in [0, 0.1) is 5.82 Å². The molecule has 3 nitrogen and oxygen atoms in total. The molecule has 3 aromatic rings. The number of aromatic hydroxyl groups is 1. The highest BCUT2D eigenvalue weighted by Gasteiger charge is 2.15. The zero-order valence-corrected chi connectivity index (χ0v) is 16.8. The lowest BCUT2D eigenvalue weighted by molar-refractivity contribution is 0.318. The number of likely N-dealkylation sites (N-methyl/N-ethyl adjacent to an activating group) is 1. The maximum Gasteiger partial charge on any atom is 0.165 e. The molecule has 3 aromatic carbocycles. The van der Waals surface area contributed by atoms with Gasteiger partial charge in [0.1, 0.15) is 12.4 Å². The fraction of sp³-hybridized carbons (Fsp3) is 0.200. The van der Waals surface area contributed by atoms with Crippen LogP contribution in [0.1, 0.15) is 30.0 Å². The van der Waals surface area contributed by atoms with Crippen molar-refractivity contribution in [2.75, 3.05) is 20.2 Å². The van der Waals surface area contributed by atoms with Crippen LogP contribution < -0.4 is 10.1 Å². The molecule has 150 valence electrons. The van der Waals surface area contributed by atoms with Gasteiger partial charge in [-0.25, -0.2) is 4.39 Å². The number of nitrogens with one attached hydrogen (secondary N) is 1. The lowest BCUT2D eigenvalue weighted by Gasteiger charge is -2.17. The molecule has 0 aromatic heterocycles. The molecule has 4 heteroatoms. The van der Waals surface area contributed by atoms with Crippen molar-refractivity contribution in [2.45, 2.75) is 13.3 Å². The maximum atomic E-state index is 14.2. The fourth-order valence-corrected chi connectivity index (χ4v) is 3.33. The lowest BCUT2D eigenvalue weighted by atomic mass is 9.88. The molecule has 0 amide bonds. The van der Waals surface area contributed by atoms with Crippen LogP contribution in [-0.4, -0.2) is 25.3 Å². The molecule has 0 aliphatic rings. The molecule has 0 aliphatic heterocycles. The first-order chi connectivity index (χ1) is 14.1. The molecule has 0 fully saturated rings. The van der Waals surface area contributed by atoms with Crippen LogP contribution in [0.5, 0.6) is 11.5 Å². The second kappa shape index (κ2) is 9.89. The van der Waals surface area contributed by atoms with E-state index in [1.165, 1.54) is 12.1 Å². The number of hydrogen-bond acceptors (Lipinski definition) is 3. The molecule has 0 radical (unpaired) electrons. The Balaban J connectivity index is 2.10. The highest BCUT2D eigenvalue weighted by Crippen LogP contribution is 2.36. The zero-order valence-electron chi connectivity index (χ0n) is 16.8. The Morgan fingerprint density at radius 1 is 0.931 bits per heavy atom. The number of ether oxygens (including phenoxy) is 1. The summed E-state index contributed by atoms with van der Waals surface area (Å²) in [6, 6.07) is 22.5. The quantitative estimate of drug-likeness (QED) is 0.394. The SMILES string of the molecule is CC/C(=C(\c1ccc(OCCNC)cc1)c1ccc(O)c(F)c1)c1ccccc1. The standard InChI is InChI=1S/C25H26FNO2/c1-3-22(18-7-5-4-6-8-18)25(20-11-14-24(28)23(26)17-20)19-9-12-21(13-10-19)29-16-15-27-2/h4-14,17,27-28H,3,15-16H2,1-2H3/b25-22-. The van der Waals surface area contributed by atoms with Crippen molar-refractivity contribution in [1.29, 1.82) is 0 Å². The predicted molar refractivity (Wildman–Crippen MR) is 117 cm³/mol. The summed E-state index contributed by atoms with van der Waals surface area (Å²) in [4.78, 5) is 0. The summed E-state index contributed by atoms with van der Waals surface area (Å²) in [6.45, 7) is 3.45. The van der Waals surface area contributed by atoms with Crippen LogP contribution in [0.2, 0.25) is 0 Å². The Bertz CT molecular complexity index is 966. The fourth-order valence-electron chi connectivity index (χ4n) is 3.33. The molecule has 0 unspecified atom stereocenters. The Kier molecular flexibility index (Phi) is 7.04. The van der Waals surface area contributed by atoms with Gasteiger partial charge in [-0.05, 0) is 65.6 Å². The monoisotopic (exact) mass is 391 g/mol. The van der Waals surface area contributed by atoms with Crippen LogP contribution >= 0.6 is 0 Å². The van der Waals surface area contributed by atoms with Crippen molar-refractivity contribution in [2.24, 2.45) is 0 Å². The highest BCUT2D eigenvalue weighted by atomic mass is 19.1. The van der Waals surface area contributed by atoms with E-state index in [2.05, 4.69) is 24.4 Å². The van der Waals surface area contributed by atoms with Gasteiger partial charge in [0, 0.05) is 6.54 Å². The van der Waals surface area contributed by atoms with E-state index in [1.807, 2.05) is 49.5 Å². The third-order valence-electron chi connectivity index (χ3n) is 4.78. The maximum absolute atomic E-state index is 14.2. The first-order valence-electron chi connectivity index (χ1n) is 9.79. The van der Waals surface area contributed by atoms with Crippen molar-refractivity contribution in [3.05, 3.63) is 95.3 Å². The third-order valence-corrected chi connectivity index (χ3v) is 4.78. The van der Waals surface area contributed by atoms with Crippen molar-refractivity contribution < 1.29 is 14.2 Å². The molecule has 0 atom stereocenters. The van der Waals surface area contributed by atoms with Crippen molar-refractivity contribution >= 4 is 11.1 Å². The van der Waals surface area contributed by atoms with Crippen LogP contribution in [0.15, 0.2) is 72.8 Å². The normalized spacial score (nSPS) is 11.8. The number of phenols is 1. The summed E-state index contributed by atoms with van der Waals surface area (Å²) in [5.74, 6) is -0.187. The Morgan fingerprint density at radius 2 is 1.62 bits per heavy atom. The van der Waals surface area contributed by atoms with Gasteiger partial charge in [-0.2, -0.15) is 0 Å². The van der Waals surface area contributed by atoms with E-state index in [4.69, 9.17) is 4.74 Å². The second-order valence-electron chi connectivity index (χ2n) is 6.72. The van der Waals surface area contributed by atoms with E-state index in [0.717, 1.165) is 46.6 Å². The average molecular weight is 391 g/mol. The topological polar surface area (TPSA) is 41.5 Å². The van der Waals surface area contributed by atoms with Gasteiger partial charge in [-0.3, -0.25) is 0 Å². The predicted octanol–water partition coefficient (Wildman–Crippen LogP) is 5.50. The largest absolute Gasteiger partial charge is 0.505 e. The molecule has 0 heterocycles. The molecule has 2 N–H and O–H groups in total. The Hall–Kier alpha value is -3.11. The Labute approximate surface area is 171 Å². The number of allylic oxidation sites excluding steroid dienone is 1. The van der Waals surface area contributed by atoms with E-state index in [-0.39, 0.29) is 5.75 Å². The first kappa shape index (κ1) is 20.6. The number of phenolic OH excluding ortho intramolecular Hbond substituents is 1. The van der Waals surface area contributed by atoms with E-state index in [1.54, 1.807) is 6.07 Å². The molecule has 0 bridgehead atoms. The van der Waals surface area contributed by atoms with Gasteiger partial charge in [0.05, 0.1) is 0 Å². The summed E-state index contributed by atoms with van der Waals surface area (Å²) in [5.41, 5.74) is 4.84. The van der Waals surface area contributed by atoms with Gasteiger partial charge in [0.15, 0.2) is 11.6 Å². The number of halogens is 1. The minimum atomic E-state index is -0.629. The van der Waals surface area contributed by atoms with Crippen LogP contribution in [0.25, 0.3) is 11.1 Å². The van der Waals surface area contributed by atoms with Crippen molar-refractivity contribution in [3.8, 4) is 11.5 Å². The minimum absolute atomic E-state index is 0.348. The number of benzene rings is 3. The smallest absolute Gasteiger partial charge is 0.165 e. The van der Waals surface area contributed by atoms with Gasteiger partial charge in [0.25, 0.3) is 0 Å². The van der Waals surface area contributed by atoms with E-state index in [9.17, 15) is 9.50 Å². The number of hydrogen-bond donors (Lipinski definition) is 2. The summed E-state index contributed by atoms with van der Waals surface area (Å²) in [7, 11) is 1.89. The summed E-state index contributed by atoms with van der Waals surface area (Å²) in [5, 5.41) is 12.7. The van der Waals surface area contributed by atoms with Gasteiger partial charge in [-0.1, -0.05) is 55.5 Å². The van der Waals surface area contributed by atoms with Gasteiger partial charge in [-0.15, -0.1) is 0 Å². The van der Waals surface area contributed by atoms with Gasteiger partial charge >= 0.3 is 0 Å². The molecular formula is C25H26FNO2. The minimum Gasteiger partial charge on any atom is -0.505 e. The van der Waals surface area contributed by atoms with E-state index in [0.29, 0.717) is 6.61 Å². The van der Waals surface area contributed by atoms with Crippen LogP contribution in [0.3, 0.4) is 0 Å².